The van der Waals surface area contributed by atoms with Gasteiger partial charge < -0.3 is 10.3 Å². The average Bonchev–Trinajstić information content (AvgIpc) is 2.57. The molecule has 8 heteroatoms. The third kappa shape index (κ3) is 3.20. The van der Waals surface area contributed by atoms with Crippen LogP contribution in [0.25, 0.3) is 10.9 Å². The van der Waals surface area contributed by atoms with E-state index in [0.717, 1.165) is 12.1 Å². The van der Waals surface area contributed by atoms with Gasteiger partial charge in [0.25, 0.3) is 11.5 Å². The number of carbonyl (C=O) groups is 1. The molecular formula is C17H13F2N3O2S. The van der Waals surface area contributed by atoms with Crippen molar-refractivity contribution in [3.63, 3.8) is 0 Å². The summed E-state index contributed by atoms with van der Waals surface area (Å²) in [5.41, 5.74) is 0.223. The molecule has 3 aromatic rings. The van der Waals surface area contributed by atoms with Crippen LogP contribution in [-0.4, -0.2) is 15.5 Å². The van der Waals surface area contributed by atoms with Gasteiger partial charge in [-0.2, -0.15) is 0 Å². The number of aromatic amines is 1. The van der Waals surface area contributed by atoms with Crippen LogP contribution < -0.4 is 10.9 Å². The second-order valence-corrected chi connectivity index (χ2v) is 5.70. The van der Waals surface area contributed by atoms with Crippen LogP contribution in [0.5, 0.6) is 0 Å². The van der Waals surface area contributed by atoms with Crippen molar-refractivity contribution in [2.24, 2.45) is 0 Å². The first-order valence-corrected chi connectivity index (χ1v) is 7.85. The number of hydrogen-bond donors (Lipinski definition) is 2. The Balaban J connectivity index is 2.00. The number of fused-ring (bicyclic) bond motifs is 1. The van der Waals surface area contributed by atoms with E-state index in [-0.39, 0.29) is 21.6 Å². The predicted molar refractivity (Wildman–Crippen MR) is 93.4 cm³/mol. The van der Waals surface area contributed by atoms with Gasteiger partial charge in [-0.15, -0.1) is 0 Å². The zero-order chi connectivity index (χ0) is 18.1. The molecule has 0 unspecified atom stereocenters. The molecule has 0 bridgehead atoms. The van der Waals surface area contributed by atoms with E-state index in [9.17, 15) is 18.4 Å². The Hall–Kier alpha value is -2.87. The summed E-state index contributed by atoms with van der Waals surface area (Å²) in [6.07, 6.45) is 0. The Morgan fingerprint density at radius 3 is 2.68 bits per heavy atom. The van der Waals surface area contributed by atoms with Crippen LogP contribution in [-0.2, 0) is 6.54 Å². The summed E-state index contributed by atoms with van der Waals surface area (Å²) >= 11 is 5.13. The molecule has 128 valence electrons. The van der Waals surface area contributed by atoms with Gasteiger partial charge in [0.05, 0.1) is 16.6 Å². The lowest BCUT2D eigenvalue weighted by molar-refractivity contribution is 0.102. The van der Waals surface area contributed by atoms with Gasteiger partial charge in [-0.25, -0.2) is 8.78 Å². The van der Waals surface area contributed by atoms with Crippen LogP contribution in [0.3, 0.4) is 0 Å². The number of halogens is 2. The van der Waals surface area contributed by atoms with Gasteiger partial charge in [-0.1, -0.05) is 0 Å². The molecule has 25 heavy (non-hydrogen) atoms. The van der Waals surface area contributed by atoms with Crippen LogP contribution >= 0.6 is 12.2 Å². The van der Waals surface area contributed by atoms with Crippen molar-refractivity contribution in [2.45, 2.75) is 13.5 Å². The minimum absolute atomic E-state index is 0.138. The standard InChI is InChI=1S/C17H13F2N3O2S/c1-2-22-16(24)11-5-3-9(7-14(11)21-17(22)25)15(23)20-13-6-4-10(18)8-12(13)19/h3-8H,2H2,1H3,(H,20,23)(H,21,25). The van der Waals surface area contributed by atoms with Gasteiger partial charge in [0, 0.05) is 18.2 Å². The van der Waals surface area contributed by atoms with Gasteiger partial charge in [0.1, 0.15) is 11.6 Å². The number of hydrogen-bond acceptors (Lipinski definition) is 3. The summed E-state index contributed by atoms with van der Waals surface area (Å²) in [5, 5.41) is 2.76. The quantitative estimate of drug-likeness (QED) is 0.701. The molecule has 0 aliphatic rings. The van der Waals surface area contributed by atoms with E-state index in [4.69, 9.17) is 12.2 Å². The van der Waals surface area contributed by atoms with E-state index in [1.807, 2.05) is 0 Å². The minimum atomic E-state index is -0.876. The fraction of sp³-hybridized carbons (Fsp3) is 0.118. The molecule has 0 spiro atoms. The van der Waals surface area contributed by atoms with Gasteiger partial charge in [-0.05, 0) is 49.5 Å². The second kappa shape index (κ2) is 6.56. The Labute approximate surface area is 145 Å². The molecule has 1 heterocycles. The van der Waals surface area contributed by atoms with Crippen LogP contribution in [0.4, 0.5) is 14.5 Å². The van der Waals surface area contributed by atoms with E-state index in [1.54, 1.807) is 6.92 Å². The van der Waals surface area contributed by atoms with Crippen molar-refractivity contribution in [3.05, 3.63) is 68.7 Å². The molecule has 1 amide bonds. The number of aromatic nitrogens is 2. The van der Waals surface area contributed by atoms with Crippen molar-refractivity contribution >= 4 is 34.7 Å². The zero-order valence-corrected chi connectivity index (χ0v) is 13.9. The largest absolute Gasteiger partial charge is 0.332 e. The smallest absolute Gasteiger partial charge is 0.262 e. The van der Waals surface area contributed by atoms with Crippen LogP contribution in [0, 0.1) is 16.4 Å². The third-order valence-corrected chi connectivity index (χ3v) is 4.06. The number of nitrogens with one attached hydrogen (secondary N) is 2. The summed E-state index contributed by atoms with van der Waals surface area (Å²) in [6.45, 7) is 2.23. The molecule has 0 atom stereocenters. The zero-order valence-electron chi connectivity index (χ0n) is 13.1. The average molecular weight is 361 g/mol. The highest BCUT2D eigenvalue weighted by molar-refractivity contribution is 7.71. The van der Waals surface area contributed by atoms with E-state index in [2.05, 4.69) is 10.3 Å². The molecule has 1 aromatic heterocycles. The van der Waals surface area contributed by atoms with E-state index >= 15 is 0 Å². The lowest BCUT2D eigenvalue weighted by Gasteiger charge is -2.09. The topological polar surface area (TPSA) is 66.9 Å². The van der Waals surface area contributed by atoms with Gasteiger partial charge in [-0.3, -0.25) is 14.2 Å². The molecule has 0 aliphatic carbocycles. The lowest BCUT2D eigenvalue weighted by atomic mass is 10.1. The SMILES string of the molecule is CCn1c(=S)[nH]c2cc(C(=O)Nc3ccc(F)cc3F)ccc2c1=O. The first-order valence-electron chi connectivity index (χ1n) is 7.44. The highest BCUT2D eigenvalue weighted by atomic mass is 32.1. The fourth-order valence-electron chi connectivity index (χ4n) is 2.47. The number of amides is 1. The highest BCUT2D eigenvalue weighted by Crippen LogP contribution is 2.17. The monoisotopic (exact) mass is 361 g/mol. The number of H-pyrrole nitrogens is 1. The minimum Gasteiger partial charge on any atom is -0.332 e. The van der Waals surface area contributed by atoms with Gasteiger partial charge in [0.2, 0.25) is 0 Å². The number of nitrogens with zero attached hydrogens (tertiary/aromatic N) is 1. The number of rotatable bonds is 3. The summed E-state index contributed by atoms with van der Waals surface area (Å²) in [4.78, 5) is 27.5. The Morgan fingerprint density at radius 2 is 2.00 bits per heavy atom. The van der Waals surface area contributed by atoms with Crippen molar-refractivity contribution in [1.29, 1.82) is 0 Å². The third-order valence-electron chi connectivity index (χ3n) is 3.74. The summed E-state index contributed by atoms with van der Waals surface area (Å²) < 4.78 is 28.2. The van der Waals surface area contributed by atoms with E-state index in [1.165, 1.54) is 22.8 Å². The predicted octanol–water partition coefficient (Wildman–Crippen LogP) is 3.61. The second-order valence-electron chi connectivity index (χ2n) is 5.32. The van der Waals surface area contributed by atoms with Gasteiger partial charge in [0.15, 0.2) is 4.77 Å². The molecule has 2 N–H and O–H groups in total. The van der Waals surface area contributed by atoms with Crippen molar-refractivity contribution in [3.8, 4) is 0 Å². The van der Waals surface area contributed by atoms with E-state index in [0.29, 0.717) is 23.5 Å². The molecule has 2 aromatic carbocycles. The lowest BCUT2D eigenvalue weighted by Crippen LogP contribution is -2.21. The van der Waals surface area contributed by atoms with Crippen LogP contribution in [0.1, 0.15) is 17.3 Å². The maximum absolute atomic E-state index is 13.6. The molecule has 0 saturated carbocycles. The maximum Gasteiger partial charge on any atom is 0.262 e. The molecular weight excluding hydrogens is 348 g/mol. The molecule has 3 rings (SSSR count). The highest BCUT2D eigenvalue weighted by Gasteiger charge is 2.12. The molecule has 0 saturated heterocycles. The number of anilines is 1. The maximum atomic E-state index is 13.6. The molecule has 0 radical (unpaired) electrons. The first kappa shape index (κ1) is 17.0. The molecule has 5 nitrogen and oxygen atoms in total. The fourth-order valence-corrected chi connectivity index (χ4v) is 2.79. The van der Waals surface area contributed by atoms with Crippen LogP contribution in [0.2, 0.25) is 0 Å². The molecule has 0 aliphatic heterocycles. The summed E-state index contributed by atoms with van der Waals surface area (Å²) in [7, 11) is 0. The van der Waals surface area contributed by atoms with E-state index < -0.39 is 17.5 Å². The van der Waals surface area contributed by atoms with Gasteiger partial charge >= 0.3 is 0 Å². The summed E-state index contributed by atoms with van der Waals surface area (Å²) in [6, 6.07) is 7.28. The van der Waals surface area contributed by atoms with Crippen LogP contribution in [0.15, 0.2) is 41.2 Å². The Kier molecular flexibility index (Phi) is 4.45. The van der Waals surface area contributed by atoms with Crippen molar-refractivity contribution < 1.29 is 13.6 Å². The Morgan fingerprint density at radius 1 is 1.24 bits per heavy atom. The van der Waals surface area contributed by atoms with Crippen molar-refractivity contribution in [2.75, 3.05) is 5.32 Å². The summed E-state index contributed by atoms with van der Waals surface area (Å²) in [5.74, 6) is -2.20. The number of benzene rings is 2. The van der Waals surface area contributed by atoms with Crippen molar-refractivity contribution in [1.82, 2.24) is 9.55 Å². The first-order chi connectivity index (χ1) is 11.9. The normalized spacial score (nSPS) is 10.8. The molecule has 0 fully saturated rings. The Bertz CT molecular complexity index is 1110. The number of carbonyl (C=O) groups excluding carboxylic acids is 1.